The first-order valence-corrected chi connectivity index (χ1v) is 6.11. The van der Waals surface area contributed by atoms with E-state index in [0.717, 1.165) is 22.5 Å². The lowest BCUT2D eigenvalue weighted by Gasteiger charge is -2.08. The van der Waals surface area contributed by atoms with Crippen LogP contribution in [0, 0.1) is 13.8 Å². The molecule has 0 fully saturated rings. The molecule has 0 atom stereocenters. The second-order valence-corrected chi connectivity index (χ2v) is 4.73. The number of hydrogen-bond acceptors (Lipinski definition) is 4. The van der Waals surface area contributed by atoms with E-state index in [-0.39, 0.29) is 0 Å². The standard InChI is InChI=1S/C14H15N5/c1-9-4-10(2)6-11(5-9)18-13-12-7-17-19(3)14(12)16-8-15-13/h4-8H,1-3H3,(H,15,16,18). The van der Waals surface area contributed by atoms with E-state index in [0.29, 0.717) is 0 Å². The van der Waals surface area contributed by atoms with Gasteiger partial charge in [0.2, 0.25) is 0 Å². The van der Waals surface area contributed by atoms with Crippen LogP contribution in [-0.4, -0.2) is 19.7 Å². The van der Waals surface area contributed by atoms with E-state index < -0.39 is 0 Å². The number of aryl methyl sites for hydroxylation is 3. The highest BCUT2D eigenvalue weighted by molar-refractivity contribution is 5.88. The van der Waals surface area contributed by atoms with Crippen molar-refractivity contribution in [2.45, 2.75) is 13.8 Å². The maximum Gasteiger partial charge on any atom is 0.163 e. The molecule has 3 rings (SSSR count). The van der Waals surface area contributed by atoms with Crippen LogP contribution in [-0.2, 0) is 7.05 Å². The number of rotatable bonds is 2. The summed E-state index contributed by atoms with van der Waals surface area (Å²) in [5, 5.41) is 8.47. The molecule has 0 unspecified atom stereocenters. The zero-order valence-corrected chi connectivity index (χ0v) is 11.2. The van der Waals surface area contributed by atoms with Crippen molar-refractivity contribution < 1.29 is 0 Å². The summed E-state index contributed by atoms with van der Waals surface area (Å²) in [6.45, 7) is 4.16. The number of nitrogens with one attached hydrogen (secondary N) is 1. The average molecular weight is 253 g/mol. The molecule has 0 saturated heterocycles. The predicted octanol–water partition coefficient (Wildman–Crippen LogP) is 2.72. The van der Waals surface area contributed by atoms with Gasteiger partial charge in [-0.1, -0.05) is 6.07 Å². The molecule has 0 bridgehead atoms. The molecule has 3 aromatic rings. The van der Waals surface area contributed by atoms with E-state index in [1.165, 1.54) is 11.1 Å². The first-order valence-electron chi connectivity index (χ1n) is 6.11. The number of benzene rings is 1. The largest absolute Gasteiger partial charge is 0.340 e. The Kier molecular flexibility index (Phi) is 2.67. The van der Waals surface area contributed by atoms with Gasteiger partial charge in [0.15, 0.2) is 5.65 Å². The van der Waals surface area contributed by atoms with Crippen molar-refractivity contribution in [3.8, 4) is 0 Å². The third kappa shape index (κ3) is 2.14. The molecule has 0 aliphatic carbocycles. The van der Waals surface area contributed by atoms with Crippen molar-refractivity contribution >= 4 is 22.5 Å². The second-order valence-electron chi connectivity index (χ2n) is 4.73. The second kappa shape index (κ2) is 4.35. The van der Waals surface area contributed by atoms with Gasteiger partial charge in [-0.05, 0) is 37.1 Å². The monoisotopic (exact) mass is 253 g/mol. The molecular formula is C14H15N5. The number of hydrogen-bond donors (Lipinski definition) is 1. The molecule has 0 saturated carbocycles. The van der Waals surface area contributed by atoms with Gasteiger partial charge in [-0.2, -0.15) is 5.10 Å². The lowest BCUT2D eigenvalue weighted by molar-refractivity contribution is 0.785. The average Bonchev–Trinajstić information content (AvgIpc) is 2.71. The lowest BCUT2D eigenvalue weighted by atomic mass is 10.1. The first kappa shape index (κ1) is 11.6. The molecule has 0 amide bonds. The van der Waals surface area contributed by atoms with Crippen molar-refractivity contribution in [2.24, 2.45) is 7.05 Å². The highest BCUT2D eigenvalue weighted by Gasteiger charge is 2.08. The molecular weight excluding hydrogens is 238 g/mol. The molecule has 0 radical (unpaired) electrons. The Hall–Kier alpha value is -2.43. The van der Waals surface area contributed by atoms with E-state index in [4.69, 9.17) is 0 Å². The van der Waals surface area contributed by atoms with Crippen molar-refractivity contribution in [2.75, 3.05) is 5.32 Å². The van der Waals surface area contributed by atoms with E-state index in [2.05, 4.69) is 52.4 Å². The highest BCUT2D eigenvalue weighted by atomic mass is 15.3. The van der Waals surface area contributed by atoms with Crippen LogP contribution in [0.15, 0.2) is 30.7 Å². The summed E-state index contributed by atoms with van der Waals surface area (Å²) in [4.78, 5) is 8.53. The predicted molar refractivity (Wildman–Crippen MR) is 75.5 cm³/mol. The van der Waals surface area contributed by atoms with Crippen LogP contribution in [0.1, 0.15) is 11.1 Å². The Balaban J connectivity index is 2.05. The fraction of sp³-hybridized carbons (Fsp3) is 0.214. The normalized spacial score (nSPS) is 10.9. The van der Waals surface area contributed by atoms with Crippen LogP contribution in [0.5, 0.6) is 0 Å². The van der Waals surface area contributed by atoms with E-state index in [1.807, 2.05) is 7.05 Å². The van der Waals surface area contributed by atoms with Gasteiger partial charge in [0, 0.05) is 12.7 Å². The summed E-state index contributed by atoms with van der Waals surface area (Å²) in [6, 6.07) is 6.33. The van der Waals surface area contributed by atoms with Gasteiger partial charge >= 0.3 is 0 Å². The molecule has 0 aliphatic heterocycles. The molecule has 1 N–H and O–H groups in total. The molecule has 2 heterocycles. The van der Waals surface area contributed by atoms with Crippen molar-refractivity contribution in [1.29, 1.82) is 0 Å². The summed E-state index contributed by atoms with van der Waals surface area (Å²) >= 11 is 0. The first-order chi connectivity index (χ1) is 9.13. The summed E-state index contributed by atoms with van der Waals surface area (Å²) in [5.41, 5.74) is 4.29. The Morgan fingerprint density at radius 1 is 1.05 bits per heavy atom. The minimum absolute atomic E-state index is 0.781. The minimum Gasteiger partial charge on any atom is -0.340 e. The van der Waals surface area contributed by atoms with Crippen molar-refractivity contribution in [1.82, 2.24) is 19.7 Å². The van der Waals surface area contributed by atoms with Crippen LogP contribution in [0.2, 0.25) is 0 Å². The summed E-state index contributed by atoms with van der Waals surface area (Å²) in [6.07, 6.45) is 3.33. The van der Waals surface area contributed by atoms with Gasteiger partial charge in [0.25, 0.3) is 0 Å². The zero-order chi connectivity index (χ0) is 13.4. The quantitative estimate of drug-likeness (QED) is 0.763. The molecule has 1 aromatic carbocycles. The third-order valence-electron chi connectivity index (χ3n) is 3.01. The van der Waals surface area contributed by atoms with Gasteiger partial charge < -0.3 is 5.32 Å². The van der Waals surface area contributed by atoms with E-state index in [9.17, 15) is 0 Å². The van der Waals surface area contributed by atoms with Crippen LogP contribution < -0.4 is 5.32 Å². The van der Waals surface area contributed by atoms with E-state index >= 15 is 0 Å². The van der Waals surface area contributed by atoms with Crippen LogP contribution in [0.3, 0.4) is 0 Å². The Morgan fingerprint density at radius 3 is 2.53 bits per heavy atom. The summed E-state index contributed by atoms with van der Waals surface area (Å²) in [5.74, 6) is 0.781. The third-order valence-corrected chi connectivity index (χ3v) is 3.01. The maximum atomic E-state index is 4.30. The minimum atomic E-state index is 0.781. The van der Waals surface area contributed by atoms with Gasteiger partial charge in [0.1, 0.15) is 12.1 Å². The zero-order valence-electron chi connectivity index (χ0n) is 11.2. The van der Waals surface area contributed by atoms with Crippen LogP contribution in [0.4, 0.5) is 11.5 Å². The molecule has 0 spiro atoms. The molecule has 5 heteroatoms. The van der Waals surface area contributed by atoms with Crippen LogP contribution >= 0.6 is 0 Å². The smallest absolute Gasteiger partial charge is 0.163 e. The van der Waals surface area contributed by atoms with Gasteiger partial charge in [-0.15, -0.1) is 0 Å². The van der Waals surface area contributed by atoms with Gasteiger partial charge in [-0.3, -0.25) is 4.68 Å². The summed E-state index contributed by atoms with van der Waals surface area (Å²) in [7, 11) is 1.87. The van der Waals surface area contributed by atoms with E-state index in [1.54, 1.807) is 17.2 Å². The van der Waals surface area contributed by atoms with Crippen molar-refractivity contribution in [3.05, 3.63) is 41.9 Å². The van der Waals surface area contributed by atoms with Crippen molar-refractivity contribution in [3.63, 3.8) is 0 Å². The molecule has 96 valence electrons. The van der Waals surface area contributed by atoms with Gasteiger partial charge in [-0.25, -0.2) is 9.97 Å². The topological polar surface area (TPSA) is 55.6 Å². The molecule has 0 aliphatic rings. The molecule has 2 aromatic heterocycles. The number of fused-ring (bicyclic) bond motifs is 1. The fourth-order valence-corrected chi connectivity index (χ4v) is 2.25. The van der Waals surface area contributed by atoms with Gasteiger partial charge in [0.05, 0.1) is 11.6 Å². The number of aromatic nitrogens is 4. The number of nitrogens with zero attached hydrogens (tertiary/aromatic N) is 4. The Morgan fingerprint density at radius 2 is 1.79 bits per heavy atom. The fourth-order valence-electron chi connectivity index (χ4n) is 2.25. The molecule has 19 heavy (non-hydrogen) atoms. The molecule has 5 nitrogen and oxygen atoms in total. The SMILES string of the molecule is Cc1cc(C)cc(Nc2ncnc3c2cnn3C)c1. The Bertz CT molecular complexity index is 724. The maximum absolute atomic E-state index is 4.30. The van der Waals surface area contributed by atoms with Crippen LogP contribution in [0.25, 0.3) is 11.0 Å². The highest BCUT2D eigenvalue weighted by Crippen LogP contribution is 2.23. The lowest BCUT2D eigenvalue weighted by Crippen LogP contribution is -1.97. The number of anilines is 2. The Labute approximate surface area is 111 Å². The summed E-state index contributed by atoms with van der Waals surface area (Å²) < 4.78 is 1.74.